The van der Waals surface area contributed by atoms with Crippen LogP contribution in [-0.4, -0.2) is 108 Å². The minimum absolute atomic E-state index is 0.0680. The van der Waals surface area contributed by atoms with Gasteiger partial charge in [0.05, 0.1) is 0 Å². The molecule has 2 unspecified atom stereocenters. The second kappa shape index (κ2) is 14.2. The van der Waals surface area contributed by atoms with Crippen molar-refractivity contribution in [3.63, 3.8) is 0 Å². The van der Waals surface area contributed by atoms with Crippen LogP contribution in [0, 0.1) is 5.92 Å². The topological polar surface area (TPSA) is 237 Å². The molecule has 0 aliphatic carbocycles. The molecule has 2 aliphatic heterocycles. The van der Waals surface area contributed by atoms with E-state index in [1.807, 2.05) is 20.8 Å². The lowest BCUT2D eigenvalue weighted by atomic mass is 10.1. The van der Waals surface area contributed by atoms with Gasteiger partial charge in [0, 0.05) is 48.2 Å². The number of nitrogens with zero attached hydrogens (tertiary/aromatic N) is 2. The van der Waals surface area contributed by atoms with Gasteiger partial charge in [0.25, 0.3) is 0 Å². The van der Waals surface area contributed by atoms with Crippen LogP contribution in [0.2, 0.25) is 0 Å². The van der Waals surface area contributed by atoms with Crippen LogP contribution >= 0.6 is 53.9 Å². The van der Waals surface area contributed by atoms with Crippen molar-refractivity contribution < 1.29 is 57.4 Å². The van der Waals surface area contributed by atoms with Gasteiger partial charge >= 0.3 is 30.4 Å². The van der Waals surface area contributed by atoms with Crippen molar-refractivity contribution in [1.29, 1.82) is 0 Å². The summed E-state index contributed by atoms with van der Waals surface area (Å²) in [5, 5.41) is 0. The number of thioether (sulfide) groups is 2. The third-order valence-corrected chi connectivity index (χ3v) is 15.0. The number of rotatable bonds is 9. The first-order chi connectivity index (χ1) is 16.2. The highest BCUT2D eigenvalue weighted by molar-refractivity contribution is 7.99. The van der Waals surface area contributed by atoms with Crippen LogP contribution in [0.1, 0.15) is 33.6 Å². The molecule has 0 amide bonds. The lowest BCUT2D eigenvalue weighted by Gasteiger charge is -2.42. The fraction of sp³-hybridized carbons (Fsp3) is 1.00. The zero-order valence-electron chi connectivity index (χ0n) is 20.3. The van der Waals surface area contributed by atoms with E-state index < -0.39 is 41.4 Å². The van der Waals surface area contributed by atoms with Crippen LogP contribution in [0.4, 0.5) is 0 Å². The Kier molecular flexibility index (Phi) is 13.9. The second-order valence-corrected chi connectivity index (χ2v) is 18.7. The average Bonchev–Trinajstić information content (AvgIpc) is 2.66. The van der Waals surface area contributed by atoms with Gasteiger partial charge in [-0.2, -0.15) is 23.5 Å². The predicted octanol–water partition coefficient (Wildman–Crippen LogP) is 1.54. The summed E-state index contributed by atoms with van der Waals surface area (Å²) in [6.45, 7) is 6.24. The lowest BCUT2D eigenvalue weighted by Crippen LogP contribution is -2.50. The second-order valence-electron chi connectivity index (χ2n) is 8.93. The Morgan fingerprint density at radius 1 is 0.722 bits per heavy atom. The Balaban J connectivity index is 0.000000360. The zero-order valence-corrected chi connectivity index (χ0v) is 25.5. The Morgan fingerprint density at radius 2 is 1.11 bits per heavy atom. The normalized spacial score (nSPS) is 23.7. The number of hydrogen-bond acceptors (Lipinski definition) is 8. The van der Waals surface area contributed by atoms with Crippen molar-refractivity contribution in [3.05, 3.63) is 0 Å². The fourth-order valence-electron chi connectivity index (χ4n) is 4.22. The smallest absolute Gasteiger partial charge is 0.323 e. The molecule has 0 radical (unpaired) electrons. The van der Waals surface area contributed by atoms with Crippen molar-refractivity contribution >= 4 is 53.9 Å². The molecule has 0 bridgehead atoms. The summed E-state index contributed by atoms with van der Waals surface area (Å²) in [5.74, 6) is 2.56. The van der Waals surface area contributed by atoms with Crippen molar-refractivity contribution in [1.82, 2.24) is 9.80 Å². The molecule has 8 N–H and O–H groups in total. The van der Waals surface area contributed by atoms with Gasteiger partial charge in [-0.05, 0) is 12.3 Å². The highest BCUT2D eigenvalue weighted by Crippen LogP contribution is 2.63. The summed E-state index contributed by atoms with van der Waals surface area (Å²) >= 11 is 3.26. The molecule has 0 saturated carbocycles. The van der Waals surface area contributed by atoms with Gasteiger partial charge in [-0.1, -0.05) is 27.2 Å². The van der Waals surface area contributed by atoms with Crippen molar-refractivity contribution in [2.75, 3.05) is 36.1 Å². The molecule has 2 aliphatic rings. The third-order valence-electron chi connectivity index (χ3n) is 5.67. The molecule has 2 saturated heterocycles. The summed E-state index contributed by atoms with van der Waals surface area (Å²) in [4.78, 5) is 76.4. The molecule has 0 aromatic heterocycles. The summed E-state index contributed by atoms with van der Waals surface area (Å²) in [7, 11) is -19.5. The Bertz CT molecular complexity index is 844. The van der Waals surface area contributed by atoms with Gasteiger partial charge in [0.15, 0.2) is 0 Å². The quantitative estimate of drug-likeness (QED) is 0.167. The van der Waals surface area contributed by atoms with Crippen LogP contribution in [0.3, 0.4) is 0 Å². The van der Waals surface area contributed by atoms with Gasteiger partial charge in [-0.25, -0.2) is 0 Å². The van der Waals surface area contributed by atoms with Gasteiger partial charge in [-0.3, -0.25) is 28.1 Å². The van der Waals surface area contributed by atoms with Gasteiger partial charge in [0.2, 0.25) is 11.0 Å². The van der Waals surface area contributed by atoms with Crippen LogP contribution in [0.15, 0.2) is 0 Å². The molecule has 0 aromatic carbocycles. The molecule has 14 nitrogen and oxygen atoms in total. The van der Waals surface area contributed by atoms with E-state index in [0.717, 1.165) is 6.42 Å². The number of hydrogen-bond donors (Lipinski definition) is 8. The predicted molar refractivity (Wildman–Crippen MR) is 141 cm³/mol. The highest BCUT2D eigenvalue weighted by atomic mass is 32.2. The summed E-state index contributed by atoms with van der Waals surface area (Å²) in [6, 6.07) is -0.437. The van der Waals surface area contributed by atoms with E-state index in [0.29, 0.717) is 29.4 Å². The molecule has 0 aromatic rings. The summed E-state index contributed by atoms with van der Waals surface area (Å²) in [6.07, 6.45) is 1.47. The van der Waals surface area contributed by atoms with Crippen LogP contribution in [0.25, 0.3) is 0 Å². The van der Waals surface area contributed by atoms with E-state index in [-0.39, 0.29) is 31.1 Å². The van der Waals surface area contributed by atoms with Gasteiger partial charge in [-0.15, -0.1) is 0 Å². The van der Waals surface area contributed by atoms with Crippen LogP contribution in [-0.2, 0) is 18.3 Å². The Labute approximate surface area is 219 Å². The summed E-state index contributed by atoms with van der Waals surface area (Å²) in [5.41, 5.74) is -4.01. The van der Waals surface area contributed by atoms with E-state index in [1.165, 1.54) is 9.80 Å². The standard InChI is InChI=1S/2C8H19NO6P2S/c1-6(2)7-5-18-4-3-9(7)8(16(10,11)12)17(13,14)15;1-2-3-7-6-18-5-4-9(7)8(16(10,11)12)17(13,14)15/h6-8H,3-5H2,1-2H3,(H2,10,11,12)(H2,13,14,15);7-8H,2-6H2,1H3,(H2,10,11,12)(H2,13,14,15). The van der Waals surface area contributed by atoms with Gasteiger partial charge < -0.3 is 39.1 Å². The maximum atomic E-state index is 11.4. The van der Waals surface area contributed by atoms with Crippen LogP contribution in [0.5, 0.6) is 0 Å². The maximum absolute atomic E-state index is 11.4. The van der Waals surface area contributed by atoms with E-state index >= 15 is 0 Å². The zero-order chi connectivity index (χ0) is 28.1. The molecule has 2 fully saturated rings. The molecule has 20 heteroatoms. The van der Waals surface area contributed by atoms with Gasteiger partial charge in [0.1, 0.15) is 0 Å². The SMILES string of the molecule is CC(C)C1CSCCN1C(P(=O)(O)O)P(=O)(O)O.CCCC1CSCCN1C(P(=O)(O)O)P(=O)(O)O. The molecule has 2 heterocycles. The van der Waals surface area contributed by atoms with E-state index in [4.69, 9.17) is 0 Å². The first kappa shape index (κ1) is 35.2. The Hall–Kier alpha value is 1.22. The largest absolute Gasteiger partial charge is 0.354 e. The average molecular weight is 639 g/mol. The molecule has 216 valence electrons. The van der Waals surface area contributed by atoms with E-state index in [2.05, 4.69) is 0 Å². The third kappa shape index (κ3) is 10.7. The molecule has 0 spiro atoms. The monoisotopic (exact) mass is 638 g/mol. The fourth-order valence-corrected chi connectivity index (χ4v) is 12.5. The molecule has 2 atom stereocenters. The molecular weight excluding hydrogens is 600 g/mol. The minimum Gasteiger partial charge on any atom is -0.323 e. The first-order valence-electron chi connectivity index (χ1n) is 11.1. The van der Waals surface area contributed by atoms with Crippen molar-refractivity contribution in [2.24, 2.45) is 5.92 Å². The van der Waals surface area contributed by atoms with Crippen LogP contribution < -0.4 is 0 Å². The summed E-state index contributed by atoms with van der Waals surface area (Å²) < 4.78 is 45.6. The lowest BCUT2D eigenvalue weighted by molar-refractivity contribution is 0.156. The van der Waals surface area contributed by atoms with Crippen molar-refractivity contribution in [3.8, 4) is 0 Å². The van der Waals surface area contributed by atoms with E-state index in [1.54, 1.807) is 23.5 Å². The molecule has 36 heavy (non-hydrogen) atoms. The first-order valence-corrected chi connectivity index (χ1v) is 20.1. The highest BCUT2D eigenvalue weighted by Gasteiger charge is 2.51. The minimum atomic E-state index is -4.89. The maximum Gasteiger partial charge on any atom is 0.354 e. The van der Waals surface area contributed by atoms with Crippen molar-refractivity contribution in [2.45, 2.75) is 56.7 Å². The molecular formula is C16H38N2O12P4S2. The Morgan fingerprint density at radius 3 is 1.50 bits per heavy atom. The molecule has 2 rings (SSSR count). The van der Waals surface area contributed by atoms with E-state index in [9.17, 15) is 57.4 Å².